The van der Waals surface area contributed by atoms with Gasteiger partial charge in [-0.3, -0.25) is 14.4 Å². The van der Waals surface area contributed by atoms with Crippen molar-refractivity contribution in [2.75, 3.05) is 13.2 Å². The maximum atomic E-state index is 12.8. The lowest BCUT2D eigenvalue weighted by Crippen LogP contribution is -2.30. The van der Waals surface area contributed by atoms with E-state index in [4.69, 9.17) is 14.2 Å². The molecule has 0 N–H and O–H groups in total. The van der Waals surface area contributed by atoms with Crippen LogP contribution < -0.4 is 0 Å². The summed E-state index contributed by atoms with van der Waals surface area (Å²) in [5, 5.41) is 0. The third-order valence-corrected chi connectivity index (χ3v) is 11.2. The lowest BCUT2D eigenvalue weighted by atomic mass is 10.0. The van der Waals surface area contributed by atoms with Crippen LogP contribution in [-0.4, -0.2) is 37.2 Å². The van der Waals surface area contributed by atoms with E-state index in [1.807, 2.05) is 0 Å². The zero-order valence-corrected chi connectivity index (χ0v) is 41.3. The first-order chi connectivity index (χ1) is 31.0. The van der Waals surface area contributed by atoms with Gasteiger partial charge in [0.15, 0.2) is 6.10 Å². The molecule has 0 saturated carbocycles. The largest absolute Gasteiger partial charge is 0.462 e. The highest BCUT2D eigenvalue weighted by molar-refractivity contribution is 5.71. The summed E-state index contributed by atoms with van der Waals surface area (Å²) in [5.74, 6) is -0.900. The monoisotopic (exact) mass is 879 g/mol. The summed E-state index contributed by atoms with van der Waals surface area (Å²) in [6.07, 6.45) is 64.6. The van der Waals surface area contributed by atoms with Gasteiger partial charge in [0.25, 0.3) is 0 Å². The second kappa shape index (κ2) is 51.5. The van der Waals surface area contributed by atoms with Crippen molar-refractivity contribution in [3.05, 3.63) is 72.9 Å². The third kappa shape index (κ3) is 49.7. The number of ether oxygens (including phenoxy) is 3. The van der Waals surface area contributed by atoms with Gasteiger partial charge in [0, 0.05) is 19.3 Å². The molecule has 1 atom stereocenters. The Kier molecular flexibility index (Phi) is 48.9. The fourth-order valence-corrected chi connectivity index (χ4v) is 7.24. The Labute approximate surface area is 389 Å². The summed E-state index contributed by atoms with van der Waals surface area (Å²) in [4.78, 5) is 37.9. The van der Waals surface area contributed by atoms with E-state index in [1.54, 1.807) is 0 Å². The molecule has 0 aromatic carbocycles. The standard InChI is InChI=1S/C57H98O6/c1-4-7-10-13-16-19-22-24-25-26-27-28-29-30-31-32-33-34-36-38-41-44-47-50-56(59)62-53-54(52-61-55(58)49-46-43-40-37-21-18-15-12-9-6-3)63-57(60)51-48-45-42-39-35-23-20-17-14-11-8-5-2/h7,10,12,15-16,19,24-25,27-28,30-31,54H,4-6,8-9,11,13-14,17-18,20-23,26,29,32-53H2,1-3H3/b10-7-,15-12-,19-16-,25-24-,28-27-,31-30-. The van der Waals surface area contributed by atoms with Crippen molar-refractivity contribution in [2.45, 2.75) is 258 Å². The van der Waals surface area contributed by atoms with Crippen LogP contribution in [0.3, 0.4) is 0 Å². The minimum atomic E-state index is -0.780. The Balaban J connectivity index is 4.29. The highest BCUT2D eigenvalue weighted by atomic mass is 16.6. The molecule has 0 aromatic rings. The SMILES string of the molecule is CC/C=C\C/C=C\C/C=C\C/C=C\C/C=C\CCCCCCCCCC(=O)OCC(COC(=O)CCCCCCC/C=C\CCC)OC(=O)CCCCCCCCCCCCCC. The molecule has 0 aliphatic carbocycles. The van der Waals surface area contributed by atoms with E-state index in [9.17, 15) is 14.4 Å². The molecule has 0 aromatic heterocycles. The Morgan fingerprint density at radius 1 is 0.333 bits per heavy atom. The molecule has 0 fully saturated rings. The van der Waals surface area contributed by atoms with Crippen LogP contribution in [0.1, 0.15) is 252 Å². The second-order valence-corrected chi connectivity index (χ2v) is 17.4. The molecule has 6 nitrogen and oxygen atoms in total. The lowest BCUT2D eigenvalue weighted by Gasteiger charge is -2.18. The highest BCUT2D eigenvalue weighted by Crippen LogP contribution is 2.15. The van der Waals surface area contributed by atoms with Crippen molar-refractivity contribution >= 4 is 17.9 Å². The van der Waals surface area contributed by atoms with E-state index in [0.29, 0.717) is 19.3 Å². The van der Waals surface area contributed by atoms with E-state index in [-0.39, 0.29) is 31.1 Å². The number of hydrogen-bond acceptors (Lipinski definition) is 6. The summed E-state index contributed by atoms with van der Waals surface area (Å²) in [7, 11) is 0. The van der Waals surface area contributed by atoms with E-state index >= 15 is 0 Å². The Bertz CT molecular complexity index is 1190. The highest BCUT2D eigenvalue weighted by Gasteiger charge is 2.19. The molecule has 0 aliphatic heterocycles. The molecule has 0 amide bonds. The summed E-state index contributed by atoms with van der Waals surface area (Å²) in [6, 6.07) is 0. The van der Waals surface area contributed by atoms with E-state index < -0.39 is 6.10 Å². The first-order valence-corrected chi connectivity index (χ1v) is 26.4. The number of hydrogen-bond donors (Lipinski definition) is 0. The van der Waals surface area contributed by atoms with Crippen LogP contribution in [0.5, 0.6) is 0 Å². The van der Waals surface area contributed by atoms with Gasteiger partial charge < -0.3 is 14.2 Å². The quantitative estimate of drug-likeness (QED) is 0.0262. The normalized spacial score (nSPS) is 12.6. The topological polar surface area (TPSA) is 78.9 Å². The molecule has 0 saturated heterocycles. The van der Waals surface area contributed by atoms with Crippen molar-refractivity contribution in [2.24, 2.45) is 0 Å². The van der Waals surface area contributed by atoms with Crippen LogP contribution in [-0.2, 0) is 28.6 Å². The molecular weight excluding hydrogens is 781 g/mol. The number of rotatable bonds is 47. The zero-order valence-electron chi connectivity index (χ0n) is 41.3. The Morgan fingerprint density at radius 3 is 1.05 bits per heavy atom. The van der Waals surface area contributed by atoms with E-state index in [2.05, 4.69) is 93.7 Å². The van der Waals surface area contributed by atoms with Gasteiger partial charge in [-0.25, -0.2) is 0 Å². The van der Waals surface area contributed by atoms with Gasteiger partial charge >= 0.3 is 17.9 Å². The van der Waals surface area contributed by atoms with Crippen molar-refractivity contribution in [1.82, 2.24) is 0 Å². The number of esters is 3. The smallest absolute Gasteiger partial charge is 0.306 e. The van der Waals surface area contributed by atoms with Crippen molar-refractivity contribution < 1.29 is 28.6 Å². The summed E-state index contributed by atoms with van der Waals surface area (Å²) >= 11 is 0. The third-order valence-electron chi connectivity index (χ3n) is 11.2. The zero-order chi connectivity index (χ0) is 45.8. The summed E-state index contributed by atoms with van der Waals surface area (Å²) in [5.41, 5.74) is 0. The molecule has 0 spiro atoms. The van der Waals surface area contributed by atoms with Crippen molar-refractivity contribution in [1.29, 1.82) is 0 Å². The van der Waals surface area contributed by atoms with Crippen LogP contribution in [0.2, 0.25) is 0 Å². The van der Waals surface area contributed by atoms with Gasteiger partial charge in [0.2, 0.25) is 0 Å². The van der Waals surface area contributed by atoms with Crippen LogP contribution in [0.4, 0.5) is 0 Å². The fourth-order valence-electron chi connectivity index (χ4n) is 7.24. The second-order valence-electron chi connectivity index (χ2n) is 17.4. The van der Waals surface area contributed by atoms with Gasteiger partial charge in [-0.1, -0.05) is 222 Å². The molecular formula is C57H98O6. The number of allylic oxidation sites excluding steroid dienone is 12. The molecule has 0 heterocycles. The average Bonchev–Trinajstić information content (AvgIpc) is 3.28. The first-order valence-electron chi connectivity index (χ1n) is 26.4. The predicted octanol–water partition coefficient (Wildman–Crippen LogP) is 17.4. The molecule has 0 radical (unpaired) electrons. The molecule has 63 heavy (non-hydrogen) atoms. The maximum Gasteiger partial charge on any atom is 0.306 e. The van der Waals surface area contributed by atoms with Crippen LogP contribution in [0.15, 0.2) is 72.9 Å². The van der Waals surface area contributed by atoms with Gasteiger partial charge in [0.1, 0.15) is 13.2 Å². The van der Waals surface area contributed by atoms with Gasteiger partial charge in [0.05, 0.1) is 0 Å². The van der Waals surface area contributed by atoms with Crippen LogP contribution >= 0.6 is 0 Å². The van der Waals surface area contributed by atoms with E-state index in [1.165, 1.54) is 103 Å². The number of unbranched alkanes of at least 4 members (excludes halogenated alkanes) is 24. The van der Waals surface area contributed by atoms with Gasteiger partial charge in [-0.2, -0.15) is 0 Å². The Hall–Kier alpha value is -3.15. The minimum Gasteiger partial charge on any atom is -0.462 e. The van der Waals surface area contributed by atoms with Crippen LogP contribution in [0.25, 0.3) is 0 Å². The summed E-state index contributed by atoms with van der Waals surface area (Å²) in [6.45, 7) is 6.45. The van der Waals surface area contributed by atoms with E-state index in [0.717, 1.165) is 109 Å². The number of carbonyl (C=O) groups excluding carboxylic acids is 3. The molecule has 0 aliphatic rings. The molecule has 0 rings (SSSR count). The fraction of sp³-hybridized carbons (Fsp3) is 0.737. The van der Waals surface area contributed by atoms with Gasteiger partial charge in [-0.15, -0.1) is 0 Å². The number of carbonyl (C=O) groups is 3. The molecule has 6 heteroatoms. The molecule has 0 bridgehead atoms. The minimum absolute atomic E-state index is 0.0819. The average molecular weight is 879 g/mol. The first kappa shape index (κ1) is 59.9. The summed E-state index contributed by atoms with van der Waals surface area (Å²) < 4.78 is 16.8. The van der Waals surface area contributed by atoms with Crippen molar-refractivity contribution in [3.63, 3.8) is 0 Å². The van der Waals surface area contributed by atoms with Crippen LogP contribution in [0, 0.1) is 0 Å². The van der Waals surface area contributed by atoms with Gasteiger partial charge in [-0.05, 0) is 83.5 Å². The molecule has 1 unspecified atom stereocenters. The predicted molar refractivity (Wildman–Crippen MR) is 270 cm³/mol. The maximum absolute atomic E-state index is 12.8. The van der Waals surface area contributed by atoms with Crippen molar-refractivity contribution in [3.8, 4) is 0 Å². The molecule has 362 valence electrons. The Morgan fingerprint density at radius 2 is 0.651 bits per heavy atom. The lowest BCUT2D eigenvalue weighted by molar-refractivity contribution is -0.167.